The number of nitrogens with two attached hydrogens (primary N) is 1. The summed E-state index contributed by atoms with van der Waals surface area (Å²) in [5.74, 6) is -2.10. The van der Waals surface area contributed by atoms with E-state index in [1.165, 1.54) is 12.1 Å². The molecule has 21 heavy (non-hydrogen) atoms. The second-order valence-electron chi connectivity index (χ2n) is 4.26. The van der Waals surface area contributed by atoms with Crippen LogP contribution in [0.4, 0.5) is 22.0 Å². The fourth-order valence-electron chi connectivity index (χ4n) is 1.84. The van der Waals surface area contributed by atoms with Crippen molar-refractivity contribution in [3.63, 3.8) is 0 Å². The first-order chi connectivity index (χ1) is 9.76. The molecule has 0 aliphatic rings. The van der Waals surface area contributed by atoms with Crippen molar-refractivity contribution in [2.75, 3.05) is 0 Å². The molecule has 2 aromatic carbocycles. The molecule has 2 N–H and O–H groups in total. The molecule has 1 unspecified atom stereocenters. The number of halogens is 5. The summed E-state index contributed by atoms with van der Waals surface area (Å²) in [7, 11) is 0. The lowest BCUT2D eigenvalue weighted by atomic mass is 9.99. The third-order valence-electron chi connectivity index (χ3n) is 2.75. The molecule has 0 aliphatic heterocycles. The molecule has 0 heterocycles. The van der Waals surface area contributed by atoms with Crippen molar-refractivity contribution < 1.29 is 26.7 Å². The first-order valence-corrected chi connectivity index (χ1v) is 5.82. The number of benzene rings is 2. The lowest BCUT2D eigenvalue weighted by Gasteiger charge is -2.15. The van der Waals surface area contributed by atoms with Crippen molar-refractivity contribution in [3.8, 4) is 5.75 Å². The Hall–Kier alpha value is -2.15. The predicted octanol–water partition coefficient (Wildman–Crippen LogP) is 3.91. The highest BCUT2D eigenvalue weighted by Crippen LogP contribution is 2.28. The Morgan fingerprint density at radius 2 is 1.71 bits per heavy atom. The Labute approximate surface area is 116 Å². The van der Waals surface area contributed by atoms with Gasteiger partial charge in [0.25, 0.3) is 0 Å². The van der Waals surface area contributed by atoms with Crippen LogP contribution in [-0.2, 0) is 0 Å². The summed E-state index contributed by atoms with van der Waals surface area (Å²) in [4.78, 5) is 0. The van der Waals surface area contributed by atoms with E-state index in [0.717, 1.165) is 24.3 Å². The summed E-state index contributed by atoms with van der Waals surface area (Å²) < 4.78 is 66.7. The van der Waals surface area contributed by atoms with Gasteiger partial charge in [-0.05, 0) is 23.8 Å². The predicted molar refractivity (Wildman–Crippen MR) is 65.5 cm³/mol. The minimum Gasteiger partial charge on any atom is -0.406 e. The van der Waals surface area contributed by atoms with E-state index in [1.54, 1.807) is 0 Å². The van der Waals surface area contributed by atoms with Gasteiger partial charge in [-0.2, -0.15) is 0 Å². The highest BCUT2D eigenvalue weighted by molar-refractivity contribution is 5.37. The summed E-state index contributed by atoms with van der Waals surface area (Å²) in [5, 5.41) is 0. The number of ether oxygens (including phenoxy) is 1. The smallest absolute Gasteiger partial charge is 0.406 e. The highest BCUT2D eigenvalue weighted by atomic mass is 19.4. The van der Waals surface area contributed by atoms with E-state index in [9.17, 15) is 22.0 Å². The Morgan fingerprint density at radius 1 is 1.00 bits per heavy atom. The molecule has 0 fully saturated rings. The van der Waals surface area contributed by atoms with Gasteiger partial charge in [-0.1, -0.05) is 18.2 Å². The fraction of sp³-hybridized carbons (Fsp3) is 0.143. The molecule has 0 bridgehead atoms. The maximum Gasteiger partial charge on any atom is 0.573 e. The lowest BCUT2D eigenvalue weighted by molar-refractivity contribution is -0.274. The molecular weight excluding hydrogens is 293 g/mol. The normalized spacial score (nSPS) is 13.0. The van der Waals surface area contributed by atoms with Gasteiger partial charge in [-0.25, -0.2) is 8.78 Å². The van der Waals surface area contributed by atoms with Crippen LogP contribution in [0.3, 0.4) is 0 Å². The maximum atomic E-state index is 13.6. The van der Waals surface area contributed by atoms with Gasteiger partial charge in [0.2, 0.25) is 0 Å². The van der Waals surface area contributed by atoms with E-state index < -0.39 is 29.8 Å². The van der Waals surface area contributed by atoms with Crippen LogP contribution in [0.25, 0.3) is 0 Å². The molecule has 0 aliphatic carbocycles. The zero-order valence-corrected chi connectivity index (χ0v) is 10.5. The molecule has 0 saturated heterocycles. The summed E-state index contributed by atoms with van der Waals surface area (Å²) in [6.45, 7) is 0. The number of hydrogen-bond acceptors (Lipinski definition) is 2. The SMILES string of the molecule is NC(c1cccc(OC(F)(F)F)c1)c1ccc(F)cc1F. The molecule has 0 radical (unpaired) electrons. The van der Waals surface area contributed by atoms with Crippen molar-refractivity contribution in [2.24, 2.45) is 5.73 Å². The number of alkyl halides is 3. The molecule has 0 spiro atoms. The van der Waals surface area contributed by atoms with Crippen LogP contribution in [0, 0.1) is 11.6 Å². The fourth-order valence-corrected chi connectivity index (χ4v) is 1.84. The van der Waals surface area contributed by atoms with E-state index >= 15 is 0 Å². The first kappa shape index (κ1) is 15.2. The Bertz CT molecular complexity index is 642. The molecule has 2 rings (SSSR count). The van der Waals surface area contributed by atoms with Crippen molar-refractivity contribution in [2.45, 2.75) is 12.4 Å². The van der Waals surface area contributed by atoms with Crippen molar-refractivity contribution in [3.05, 3.63) is 65.2 Å². The van der Waals surface area contributed by atoms with Gasteiger partial charge in [0.15, 0.2) is 0 Å². The molecule has 1 atom stereocenters. The second kappa shape index (κ2) is 5.69. The third kappa shape index (κ3) is 3.91. The highest BCUT2D eigenvalue weighted by Gasteiger charge is 2.31. The Balaban J connectivity index is 2.31. The number of hydrogen-bond donors (Lipinski definition) is 1. The van der Waals surface area contributed by atoms with Gasteiger partial charge < -0.3 is 10.5 Å². The summed E-state index contributed by atoms with van der Waals surface area (Å²) in [5.41, 5.74) is 5.98. The third-order valence-corrected chi connectivity index (χ3v) is 2.75. The van der Waals surface area contributed by atoms with Crippen LogP contribution in [0.5, 0.6) is 5.75 Å². The quantitative estimate of drug-likeness (QED) is 0.873. The molecular formula is C14H10F5NO. The van der Waals surface area contributed by atoms with Crippen LogP contribution in [0.15, 0.2) is 42.5 Å². The van der Waals surface area contributed by atoms with E-state index in [-0.39, 0.29) is 11.1 Å². The molecule has 2 nitrogen and oxygen atoms in total. The minimum atomic E-state index is -4.83. The maximum absolute atomic E-state index is 13.6. The summed E-state index contributed by atoms with van der Waals surface area (Å²) >= 11 is 0. The van der Waals surface area contributed by atoms with Gasteiger partial charge in [-0.15, -0.1) is 13.2 Å². The van der Waals surface area contributed by atoms with Gasteiger partial charge in [0.05, 0.1) is 6.04 Å². The lowest BCUT2D eigenvalue weighted by Crippen LogP contribution is -2.18. The summed E-state index contributed by atoms with van der Waals surface area (Å²) in [6, 6.07) is 6.68. The molecule has 112 valence electrons. The standard InChI is InChI=1S/C14H10F5NO/c15-9-4-5-11(12(16)7-9)13(20)8-2-1-3-10(6-8)21-14(17,18)19/h1-7,13H,20H2. The van der Waals surface area contributed by atoms with Gasteiger partial charge in [-0.3, -0.25) is 0 Å². The zero-order valence-electron chi connectivity index (χ0n) is 10.5. The summed E-state index contributed by atoms with van der Waals surface area (Å²) in [6.07, 6.45) is -4.83. The van der Waals surface area contributed by atoms with Crippen LogP contribution in [-0.4, -0.2) is 6.36 Å². The molecule has 0 amide bonds. The van der Waals surface area contributed by atoms with Crippen LogP contribution >= 0.6 is 0 Å². The van der Waals surface area contributed by atoms with Crippen LogP contribution in [0.2, 0.25) is 0 Å². The molecule has 7 heteroatoms. The van der Waals surface area contributed by atoms with Gasteiger partial charge in [0.1, 0.15) is 17.4 Å². The number of rotatable bonds is 3. The second-order valence-corrected chi connectivity index (χ2v) is 4.26. The van der Waals surface area contributed by atoms with Crippen molar-refractivity contribution in [1.82, 2.24) is 0 Å². The van der Waals surface area contributed by atoms with E-state index in [2.05, 4.69) is 4.74 Å². The largest absolute Gasteiger partial charge is 0.573 e. The molecule has 0 aromatic heterocycles. The average molecular weight is 303 g/mol. The van der Waals surface area contributed by atoms with Crippen molar-refractivity contribution in [1.29, 1.82) is 0 Å². The van der Waals surface area contributed by atoms with Crippen LogP contribution < -0.4 is 10.5 Å². The average Bonchev–Trinajstić information content (AvgIpc) is 2.36. The van der Waals surface area contributed by atoms with E-state index in [1.807, 2.05) is 0 Å². The van der Waals surface area contributed by atoms with E-state index in [0.29, 0.717) is 6.07 Å². The Kier molecular flexibility index (Phi) is 4.13. The van der Waals surface area contributed by atoms with Gasteiger partial charge >= 0.3 is 6.36 Å². The van der Waals surface area contributed by atoms with Crippen molar-refractivity contribution >= 4 is 0 Å². The van der Waals surface area contributed by atoms with Gasteiger partial charge in [0, 0.05) is 11.6 Å². The van der Waals surface area contributed by atoms with Crippen LogP contribution in [0.1, 0.15) is 17.2 Å². The zero-order chi connectivity index (χ0) is 15.6. The monoisotopic (exact) mass is 303 g/mol. The minimum absolute atomic E-state index is 0.0273. The van der Waals surface area contributed by atoms with E-state index in [4.69, 9.17) is 5.73 Å². The molecule has 0 saturated carbocycles. The molecule has 2 aromatic rings. The topological polar surface area (TPSA) is 35.2 Å². The first-order valence-electron chi connectivity index (χ1n) is 5.82. The Morgan fingerprint density at radius 3 is 2.33 bits per heavy atom.